The van der Waals surface area contributed by atoms with E-state index in [4.69, 9.17) is 9.15 Å². The first kappa shape index (κ1) is 18.0. The zero-order chi connectivity index (χ0) is 19.0. The van der Waals surface area contributed by atoms with E-state index in [0.717, 1.165) is 5.56 Å². The zero-order valence-electron chi connectivity index (χ0n) is 15.6. The Morgan fingerprint density at radius 2 is 1.85 bits per heavy atom. The summed E-state index contributed by atoms with van der Waals surface area (Å²) in [5, 5.41) is 0. The van der Waals surface area contributed by atoms with Crippen LogP contribution in [-0.2, 0) is 16.1 Å². The number of hydrogen-bond acceptors (Lipinski definition) is 5. The first-order valence-electron chi connectivity index (χ1n) is 8.52. The van der Waals surface area contributed by atoms with E-state index in [-0.39, 0.29) is 18.4 Å². The van der Waals surface area contributed by atoms with Crippen molar-refractivity contribution in [2.45, 2.75) is 39.4 Å². The number of oxazole rings is 1. The average Bonchev–Trinajstić information content (AvgIpc) is 3.02. The van der Waals surface area contributed by atoms with Crippen LogP contribution in [0, 0.1) is 6.92 Å². The summed E-state index contributed by atoms with van der Waals surface area (Å²) < 4.78 is 11.2. The molecule has 0 spiro atoms. The van der Waals surface area contributed by atoms with Crippen molar-refractivity contribution in [3.8, 4) is 17.2 Å². The molecule has 1 aromatic heterocycles. The fraction of sp³-hybridized carbons (Fsp3) is 0.421. The molecule has 138 valence electrons. The van der Waals surface area contributed by atoms with Crippen molar-refractivity contribution in [2.24, 2.45) is 0 Å². The normalized spacial score (nSPS) is 20.7. The fourth-order valence-corrected chi connectivity index (χ4v) is 3.10. The number of aryl methyl sites for hydroxylation is 1. The highest BCUT2D eigenvalue weighted by Gasteiger charge is 2.40. The topological polar surface area (TPSA) is 75.9 Å². The molecule has 2 atom stereocenters. The third-order valence-electron chi connectivity index (χ3n) is 4.94. The minimum Gasteiger partial charge on any atom is -0.496 e. The van der Waals surface area contributed by atoms with Crippen molar-refractivity contribution in [2.75, 3.05) is 14.2 Å². The van der Waals surface area contributed by atoms with Crippen molar-refractivity contribution in [3.63, 3.8) is 0 Å². The number of nitrogens with zero attached hydrogens (tertiary/aromatic N) is 3. The SMILES string of the molecule is COc1ccccc1-c1nc(CN2C(=O)[C@H](C)N(C)C(=O)[C@@H]2C)c(C)o1. The van der Waals surface area contributed by atoms with Gasteiger partial charge in [0.1, 0.15) is 29.3 Å². The standard InChI is InChI=1S/C19H23N3O4/c1-11-19(24)22(12(2)18(23)21(11)4)10-15-13(3)26-17(20-15)14-8-6-7-9-16(14)25-5/h6-9,11-12H,10H2,1-5H3/t11-,12-/m0/s1. The second-order valence-corrected chi connectivity index (χ2v) is 6.49. The summed E-state index contributed by atoms with van der Waals surface area (Å²) in [5.41, 5.74) is 1.38. The summed E-state index contributed by atoms with van der Waals surface area (Å²) in [7, 11) is 3.24. The second kappa shape index (κ2) is 6.82. The molecule has 1 saturated heterocycles. The molecular weight excluding hydrogens is 334 g/mol. The molecule has 0 saturated carbocycles. The molecular formula is C19H23N3O4. The average molecular weight is 357 g/mol. The van der Waals surface area contributed by atoms with Crippen molar-refractivity contribution in [1.82, 2.24) is 14.8 Å². The van der Waals surface area contributed by atoms with Gasteiger partial charge in [-0.25, -0.2) is 4.98 Å². The van der Waals surface area contributed by atoms with Crippen LogP contribution >= 0.6 is 0 Å². The van der Waals surface area contributed by atoms with E-state index in [0.29, 0.717) is 23.1 Å². The lowest BCUT2D eigenvalue weighted by Gasteiger charge is -2.40. The molecule has 26 heavy (non-hydrogen) atoms. The van der Waals surface area contributed by atoms with E-state index in [1.54, 1.807) is 39.8 Å². The number of aromatic nitrogens is 1. The number of methoxy groups -OCH3 is 1. The summed E-state index contributed by atoms with van der Waals surface area (Å²) in [6.45, 7) is 5.50. The number of benzene rings is 1. The van der Waals surface area contributed by atoms with Gasteiger partial charge in [0.15, 0.2) is 0 Å². The van der Waals surface area contributed by atoms with Crippen LogP contribution in [0.4, 0.5) is 0 Å². The molecule has 1 fully saturated rings. The lowest BCUT2D eigenvalue weighted by atomic mass is 10.1. The number of para-hydroxylation sites is 1. The molecule has 1 aromatic carbocycles. The Hall–Kier alpha value is -2.83. The summed E-state index contributed by atoms with van der Waals surface area (Å²) in [5.74, 6) is 1.53. The molecule has 0 unspecified atom stereocenters. The Kier molecular flexibility index (Phi) is 4.71. The Morgan fingerprint density at radius 1 is 1.15 bits per heavy atom. The number of rotatable bonds is 4. The summed E-state index contributed by atoms with van der Waals surface area (Å²) in [6.07, 6.45) is 0. The van der Waals surface area contributed by atoms with Crippen molar-refractivity contribution in [3.05, 3.63) is 35.7 Å². The Labute approximate surface area is 152 Å². The monoisotopic (exact) mass is 357 g/mol. The van der Waals surface area contributed by atoms with Gasteiger partial charge in [0, 0.05) is 7.05 Å². The van der Waals surface area contributed by atoms with Gasteiger partial charge in [0.2, 0.25) is 17.7 Å². The maximum atomic E-state index is 12.6. The van der Waals surface area contributed by atoms with Crippen LogP contribution < -0.4 is 4.74 Å². The van der Waals surface area contributed by atoms with Gasteiger partial charge in [-0.3, -0.25) is 9.59 Å². The smallest absolute Gasteiger partial charge is 0.246 e. The Balaban J connectivity index is 1.91. The summed E-state index contributed by atoms with van der Waals surface area (Å²) in [6, 6.07) is 6.43. The van der Waals surface area contributed by atoms with E-state index in [9.17, 15) is 9.59 Å². The largest absolute Gasteiger partial charge is 0.496 e. The molecule has 0 bridgehead atoms. The number of carbonyl (C=O) groups excluding carboxylic acids is 2. The van der Waals surface area contributed by atoms with Crippen LogP contribution in [0.1, 0.15) is 25.3 Å². The quantitative estimate of drug-likeness (QED) is 0.839. The van der Waals surface area contributed by atoms with Crippen molar-refractivity contribution >= 4 is 11.8 Å². The van der Waals surface area contributed by atoms with Crippen LogP contribution in [0.3, 0.4) is 0 Å². The van der Waals surface area contributed by atoms with Crippen LogP contribution in [-0.4, -0.2) is 52.8 Å². The van der Waals surface area contributed by atoms with Crippen molar-refractivity contribution < 1.29 is 18.7 Å². The van der Waals surface area contributed by atoms with Gasteiger partial charge < -0.3 is 19.0 Å². The number of likely N-dealkylation sites (N-methyl/N-ethyl adjacent to an activating group) is 1. The fourth-order valence-electron chi connectivity index (χ4n) is 3.10. The minimum atomic E-state index is -0.533. The first-order valence-corrected chi connectivity index (χ1v) is 8.52. The molecule has 7 nitrogen and oxygen atoms in total. The van der Waals surface area contributed by atoms with Crippen LogP contribution in [0.2, 0.25) is 0 Å². The molecule has 3 rings (SSSR count). The maximum absolute atomic E-state index is 12.6. The van der Waals surface area contributed by atoms with Gasteiger partial charge in [-0.2, -0.15) is 0 Å². The number of ether oxygens (including phenoxy) is 1. The third-order valence-corrected chi connectivity index (χ3v) is 4.94. The van der Waals surface area contributed by atoms with Crippen LogP contribution in [0.25, 0.3) is 11.5 Å². The lowest BCUT2D eigenvalue weighted by molar-refractivity contribution is -0.159. The highest BCUT2D eigenvalue weighted by molar-refractivity contribution is 5.96. The van der Waals surface area contributed by atoms with Crippen molar-refractivity contribution in [1.29, 1.82) is 0 Å². The van der Waals surface area contributed by atoms with E-state index in [1.165, 1.54) is 4.90 Å². The second-order valence-electron chi connectivity index (χ2n) is 6.49. The highest BCUT2D eigenvalue weighted by Crippen LogP contribution is 2.31. The number of piperazine rings is 1. The number of carbonyl (C=O) groups is 2. The highest BCUT2D eigenvalue weighted by atomic mass is 16.5. The lowest BCUT2D eigenvalue weighted by Crippen LogP contribution is -2.61. The van der Waals surface area contributed by atoms with Gasteiger partial charge in [-0.15, -0.1) is 0 Å². The Bertz CT molecular complexity index is 845. The molecule has 1 aliphatic rings. The van der Waals surface area contributed by atoms with E-state index < -0.39 is 12.1 Å². The molecule has 0 radical (unpaired) electrons. The summed E-state index contributed by atoms with van der Waals surface area (Å²) >= 11 is 0. The molecule has 1 aliphatic heterocycles. The minimum absolute atomic E-state index is 0.0804. The maximum Gasteiger partial charge on any atom is 0.246 e. The predicted octanol–water partition coefficient (Wildman–Crippen LogP) is 2.24. The van der Waals surface area contributed by atoms with E-state index in [2.05, 4.69) is 4.98 Å². The van der Waals surface area contributed by atoms with Crippen LogP contribution in [0.15, 0.2) is 28.7 Å². The van der Waals surface area contributed by atoms with Gasteiger partial charge in [-0.1, -0.05) is 12.1 Å². The molecule has 0 N–H and O–H groups in total. The third kappa shape index (κ3) is 2.94. The van der Waals surface area contributed by atoms with E-state index in [1.807, 2.05) is 24.3 Å². The van der Waals surface area contributed by atoms with Gasteiger partial charge in [0.25, 0.3) is 0 Å². The van der Waals surface area contributed by atoms with Crippen LogP contribution in [0.5, 0.6) is 5.75 Å². The zero-order valence-corrected chi connectivity index (χ0v) is 15.6. The van der Waals surface area contributed by atoms with Gasteiger partial charge in [0.05, 0.1) is 19.2 Å². The van der Waals surface area contributed by atoms with Gasteiger partial charge >= 0.3 is 0 Å². The molecule has 2 amide bonds. The number of hydrogen-bond donors (Lipinski definition) is 0. The predicted molar refractivity (Wildman–Crippen MR) is 95.5 cm³/mol. The van der Waals surface area contributed by atoms with E-state index >= 15 is 0 Å². The Morgan fingerprint density at radius 3 is 2.54 bits per heavy atom. The first-order chi connectivity index (χ1) is 12.3. The summed E-state index contributed by atoms with van der Waals surface area (Å²) in [4.78, 5) is 32.6. The number of amides is 2. The molecule has 7 heteroatoms. The molecule has 0 aliphatic carbocycles. The molecule has 2 heterocycles. The molecule has 2 aromatic rings. The van der Waals surface area contributed by atoms with Gasteiger partial charge in [-0.05, 0) is 32.9 Å².